The molecule has 2 N–H and O–H groups in total. The molecule has 1 atom stereocenters. The Hall–Kier alpha value is -2.34. The lowest BCUT2D eigenvalue weighted by Crippen LogP contribution is -2.30. The number of H-pyrrole nitrogens is 1. The lowest BCUT2D eigenvalue weighted by Gasteiger charge is -2.24. The van der Waals surface area contributed by atoms with E-state index in [2.05, 4.69) is 40.2 Å². The molecule has 0 bridgehead atoms. The highest BCUT2D eigenvalue weighted by Crippen LogP contribution is 2.33. The van der Waals surface area contributed by atoms with Gasteiger partial charge in [-0.1, -0.05) is 42.5 Å². The van der Waals surface area contributed by atoms with E-state index in [-0.39, 0.29) is 12.4 Å². The molecular formula is C24H30ClN3O2. The summed E-state index contributed by atoms with van der Waals surface area (Å²) in [5, 5.41) is 18.5. The largest absolute Gasteiger partial charge is 0.496 e. The third-order valence-corrected chi connectivity index (χ3v) is 6.04. The van der Waals surface area contributed by atoms with Crippen LogP contribution in [0.25, 0.3) is 0 Å². The Kier molecular flexibility index (Phi) is 6.86. The first-order valence-corrected chi connectivity index (χ1v) is 10.1. The third-order valence-electron chi connectivity index (χ3n) is 6.04. The quantitative estimate of drug-likeness (QED) is 0.620. The maximum Gasteiger partial charge on any atom is 0.122 e. The lowest BCUT2D eigenvalue weighted by molar-refractivity contribution is 0.0453. The molecule has 0 radical (unpaired) electrons. The van der Waals surface area contributed by atoms with Gasteiger partial charge < -0.3 is 9.84 Å². The molecule has 2 aromatic carbocycles. The van der Waals surface area contributed by atoms with E-state index in [4.69, 9.17) is 4.74 Å². The van der Waals surface area contributed by atoms with Crippen molar-refractivity contribution in [1.29, 1.82) is 0 Å². The predicted octanol–water partition coefficient (Wildman–Crippen LogP) is 4.14. The first kappa shape index (κ1) is 22.3. The molecule has 6 heteroatoms. The van der Waals surface area contributed by atoms with Gasteiger partial charge in [0.25, 0.3) is 0 Å². The molecule has 3 aromatic rings. The summed E-state index contributed by atoms with van der Waals surface area (Å²) in [6, 6.07) is 16.4. The van der Waals surface area contributed by atoms with Crippen molar-refractivity contribution in [3.05, 3.63) is 82.2 Å². The van der Waals surface area contributed by atoms with Crippen LogP contribution in [-0.2, 0) is 18.6 Å². The fourth-order valence-corrected chi connectivity index (χ4v) is 4.34. The number of likely N-dealkylation sites (tertiary alicyclic amines) is 1. The number of methoxy groups -OCH3 is 1. The molecule has 1 aromatic heterocycles. The zero-order valence-corrected chi connectivity index (χ0v) is 18.6. The third kappa shape index (κ3) is 4.53. The first-order chi connectivity index (χ1) is 14.0. The molecule has 0 spiro atoms. The molecule has 1 saturated heterocycles. The van der Waals surface area contributed by atoms with Gasteiger partial charge in [-0.15, -0.1) is 12.4 Å². The summed E-state index contributed by atoms with van der Waals surface area (Å²) < 4.78 is 5.61. The number of hydrogen-bond acceptors (Lipinski definition) is 4. The van der Waals surface area contributed by atoms with Gasteiger partial charge >= 0.3 is 0 Å². The van der Waals surface area contributed by atoms with Crippen LogP contribution in [0, 0.1) is 13.8 Å². The molecule has 30 heavy (non-hydrogen) atoms. The minimum atomic E-state index is -0.762. The maximum absolute atomic E-state index is 11.1. The first-order valence-electron chi connectivity index (χ1n) is 10.1. The summed E-state index contributed by atoms with van der Waals surface area (Å²) >= 11 is 0. The summed E-state index contributed by atoms with van der Waals surface area (Å²) in [7, 11) is 1.72. The number of aryl methyl sites for hydroxylation is 2. The standard InChI is InChI=1S/C24H29N3O2.ClH/c1-17-22(18(2)26-25-17)14-20-13-19(9-10-23(20)29-3)15-27-12-11-24(28,16-27)21-7-5-4-6-8-21;/h4-10,13,28H,11-12,14-16H2,1-3H3,(H,25,26);1H. The summed E-state index contributed by atoms with van der Waals surface area (Å²) in [6.45, 7) is 6.44. The summed E-state index contributed by atoms with van der Waals surface area (Å²) in [4.78, 5) is 2.33. The Morgan fingerprint density at radius 3 is 2.60 bits per heavy atom. The summed E-state index contributed by atoms with van der Waals surface area (Å²) in [5.41, 5.74) is 5.99. The van der Waals surface area contributed by atoms with Crippen molar-refractivity contribution in [2.75, 3.05) is 20.2 Å². The van der Waals surface area contributed by atoms with Gasteiger partial charge in [0.15, 0.2) is 0 Å². The van der Waals surface area contributed by atoms with Crippen LogP contribution in [0.2, 0.25) is 0 Å². The topological polar surface area (TPSA) is 61.4 Å². The second kappa shape index (κ2) is 9.21. The van der Waals surface area contributed by atoms with Gasteiger partial charge in [0.05, 0.1) is 12.8 Å². The number of rotatable bonds is 6. The Balaban J connectivity index is 0.00000256. The highest BCUT2D eigenvalue weighted by atomic mass is 35.5. The number of aromatic amines is 1. The van der Waals surface area contributed by atoms with E-state index < -0.39 is 5.60 Å². The molecule has 1 fully saturated rings. The molecule has 5 nitrogen and oxygen atoms in total. The number of benzene rings is 2. The molecular weight excluding hydrogens is 398 g/mol. The van der Waals surface area contributed by atoms with Crippen LogP contribution in [0.1, 0.15) is 40.1 Å². The Labute approximate surface area is 184 Å². The van der Waals surface area contributed by atoms with Gasteiger partial charge in [0.2, 0.25) is 0 Å². The summed E-state index contributed by atoms with van der Waals surface area (Å²) in [5.74, 6) is 0.899. The molecule has 1 unspecified atom stereocenters. The van der Waals surface area contributed by atoms with E-state index in [1.165, 1.54) is 11.1 Å². The highest BCUT2D eigenvalue weighted by molar-refractivity contribution is 5.85. The van der Waals surface area contributed by atoms with E-state index in [1.54, 1.807) is 7.11 Å². The van der Waals surface area contributed by atoms with Gasteiger partial charge in [0.1, 0.15) is 11.4 Å². The van der Waals surface area contributed by atoms with Crippen LogP contribution in [-0.4, -0.2) is 40.4 Å². The van der Waals surface area contributed by atoms with Crippen LogP contribution in [0.3, 0.4) is 0 Å². The molecule has 1 aliphatic rings. The molecule has 4 rings (SSSR count). The Morgan fingerprint density at radius 2 is 1.93 bits per heavy atom. The van der Waals surface area contributed by atoms with E-state index >= 15 is 0 Å². The molecule has 2 heterocycles. The van der Waals surface area contributed by atoms with Crippen LogP contribution in [0.4, 0.5) is 0 Å². The number of ether oxygens (including phenoxy) is 1. The zero-order valence-electron chi connectivity index (χ0n) is 17.8. The van der Waals surface area contributed by atoms with Gasteiger partial charge in [0, 0.05) is 37.3 Å². The Morgan fingerprint density at radius 1 is 1.17 bits per heavy atom. The molecule has 1 aliphatic heterocycles. The number of aromatic nitrogens is 2. The predicted molar refractivity (Wildman–Crippen MR) is 121 cm³/mol. The van der Waals surface area contributed by atoms with Crippen molar-refractivity contribution in [2.24, 2.45) is 0 Å². The smallest absolute Gasteiger partial charge is 0.122 e. The number of halogens is 1. The summed E-state index contributed by atoms with van der Waals surface area (Å²) in [6.07, 6.45) is 1.55. The van der Waals surface area contributed by atoms with Crippen LogP contribution in [0.15, 0.2) is 48.5 Å². The molecule has 160 valence electrons. The number of nitrogens with zero attached hydrogens (tertiary/aromatic N) is 2. The highest BCUT2D eigenvalue weighted by Gasteiger charge is 2.37. The lowest BCUT2D eigenvalue weighted by atomic mass is 9.93. The van der Waals surface area contributed by atoms with E-state index in [0.29, 0.717) is 6.54 Å². The van der Waals surface area contributed by atoms with Crippen molar-refractivity contribution in [3.63, 3.8) is 0 Å². The van der Waals surface area contributed by atoms with Crippen molar-refractivity contribution in [2.45, 2.75) is 38.8 Å². The van der Waals surface area contributed by atoms with E-state index in [1.807, 2.05) is 37.3 Å². The van der Waals surface area contributed by atoms with E-state index in [9.17, 15) is 5.11 Å². The van der Waals surface area contributed by atoms with Crippen LogP contribution < -0.4 is 4.74 Å². The maximum atomic E-state index is 11.1. The normalized spacial score (nSPS) is 18.9. The minimum Gasteiger partial charge on any atom is -0.496 e. The Bertz CT molecular complexity index is 970. The van der Waals surface area contributed by atoms with Gasteiger partial charge in [-0.25, -0.2) is 0 Å². The fraction of sp³-hybridized carbons (Fsp3) is 0.375. The number of nitrogens with one attached hydrogen (secondary N) is 1. The fourth-order valence-electron chi connectivity index (χ4n) is 4.34. The SMILES string of the molecule is COc1ccc(CN2CCC(O)(c3ccccc3)C2)cc1Cc1c(C)n[nH]c1C.Cl. The molecule has 0 amide bonds. The average Bonchev–Trinajstić information content (AvgIpc) is 3.26. The van der Waals surface area contributed by atoms with Gasteiger partial charge in [-0.05, 0) is 43.0 Å². The van der Waals surface area contributed by atoms with E-state index in [0.717, 1.165) is 54.2 Å². The van der Waals surface area contributed by atoms with Gasteiger partial charge in [-0.2, -0.15) is 5.10 Å². The van der Waals surface area contributed by atoms with Crippen molar-refractivity contribution in [1.82, 2.24) is 15.1 Å². The monoisotopic (exact) mass is 427 g/mol. The number of hydrogen-bond donors (Lipinski definition) is 2. The number of β-amino-alcohol motifs (C(OH)–C–C–N with tert-alkyl or cyclic N) is 1. The number of aliphatic hydroxyl groups is 1. The molecule has 0 aliphatic carbocycles. The zero-order chi connectivity index (χ0) is 20.4. The van der Waals surface area contributed by atoms with Gasteiger partial charge in [-0.3, -0.25) is 10.00 Å². The van der Waals surface area contributed by atoms with Crippen molar-refractivity contribution >= 4 is 12.4 Å². The average molecular weight is 428 g/mol. The van der Waals surface area contributed by atoms with Crippen LogP contribution >= 0.6 is 12.4 Å². The van der Waals surface area contributed by atoms with Crippen LogP contribution in [0.5, 0.6) is 5.75 Å². The minimum absolute atomic E-state index is 0. The van der Waals surface area contributed by atoms with Crippen molar-refractivity contribution in [3.8, 4) is 5.75 Å². The van der Waals surface area contributed by atoms with Crippen molar-refractivity contribution < 1.29 is 9.84 Å². The molecule has 0 saturated carbocycles. The second-order valence-corrected chi connectivity index (χ2v) is 8.09. The second-order valence-electron chi connectivity index (χ2n) is 8.09.